The molecule has 0 fully saturated rings. The molecule has 0 saturated carbocycles. The second-order valence-electron chi connectivity index (χ2n) is 5.85. The van der Waals surface area contributed by atoms with Crippen molar-refractivity contribution >= 4 is 50.0 Å². The lowest BCUT2D eigenvalue weighted by Crippen LogP contribution is -2.25. The van der Waals surface area contributed by atoms with Gasteiger partial charge < -0.3 is 5.32 Å². The van der Waals surface area contributed by atoms with Gasteiger partial charge in [0.25, 0.3) is 0 Å². The van der Waals surface area contributed by atoms with E-state index in [1.54, 1.807) is 24.4 Å². The number of carbonyl (C=O) groups is 1. The molecule has 0 saturated heterocycles. The summed E-state index contributed by atoms with van der Waals surface area (Å²) >= 11 is 9.17. The molecule has 5 nitrogen and oxygen atoms in total. The number of nitrogens with one attached hydrogen (secondary N) is 1. The van der Waals surface area contributed by atoms with Gasteiger partial charge in [0.15, 0.2) is 5.69 Å². The van der Waals surface area contributed by atoms with E-state index in [0.29, 0.717) is 11.2 Å². The first-order chi connectivity index (χ1) is 12.6. The van der Waals surface area contributed by atoms with Gasteiger partial charge in [0.05, 0.1) is 21.9 Å². The molecule has 27 heavy (non-hydrogen) atoms. The maximum atomic E-state index is 13.0. The highest BCUT2D eigenvalue weighted by Gasteiger charge is 2.39. The molecule has 0 aliphatic heterocycles. The van der Waals surface area contributed by atoms with E-state index in [-0.39, 0.29) is 5.69 Å². The zero-order valence-corrected chi connectivity index (χ0v) is 16.4. The standard InChI is InChI=1S/C17H13BrClF3N4O/c1-8-13(19)15(17(20,21)22)25-26(8)9(2)16(27)24-12-6-5-11(18)10-4-3-7-23-14(10)12/h3-7,9H,1-2H3,(H,24,27). The van der Waals surface area contributed by atoms with Gasteiger partial charge in [0, 0.05) is 16.1 Å². The van der Waals surface area contributed by atoms with E-state index >= 15 is 0 Å². The van der Waals surface area contributed by atoms with Gasteiger partial charge in [-0.05, 0) is 32.0 Å². The summed E-state index contributed by atoms with van der Waals surface area (Å²) in [6.45, 7) is 2.82. The Morgan fingerprint density at radius 3 is 2.67 bits per heavy atom. The van der Waals surface area contributed by atoms with Crippen LogP contribution < -0.4 is 5.32 Å². The van der Waals surface area contributed by atoms with Crippen molar-refractivity contribution in [1.29, 1.82) is 0 Å². The van der Waals surface area contributed by atoms with Crippen LogP contribution in [0.2, 0.25) is 5.02 Å². The van der Waals surface area contributed by atoms with Gasteiger partial charge in [0.1, 0.15) is 6.04 Å². The number of fused-ring (bicyclic) bond motifs is 1. The van der Waals surface area contributed by atoms with Gasteiger partial charge in [-0.15, -0.1) is 0 Å². The molecule has 1 N–H and O–H groups in total. The molecule has 2 heterocycles. The summed E-state index contributed by atoms with van der Waals surface area (Å²) in [5.74, 6) is -0.541. The Hall–Kier alpha value is -2.13. The minimum Gasteiger partial charge on any atom is -0.322 e. The van der Waals surface area contributed by atoms with E-state index in [1.807, 2.05) is 6.07 Å². The van der Waals surface area contributed by atoms with Gasteiger partial charge >= 0.3 is 6.18 Å². The molecule has 0 aliphatic rings. The number of amides is 1. The first-order valence-electron chi connectivity index (χ1n) is 7.77. The summed E-state index contributed by atoms with van der Waals surface area (Å²) in [5.41, 5.74) is -0.154. The predicted molar refractivity (Wildman–Crippen MR) is 99.8 cm³/mol. The lowest BCUT2D eigenvalue weighted by Gasteiger charge is -2.15. The molecule has 10 heteroatoms. The molecule has 3 rings (SSSR count). The molecule has 1 amide bonds. The predicted octanol–water partition coefficient (Wildman–Crippen LogP) is 5.37. The van der Waals surface area contributed by atoms with Gasteiger partial charge in [-0.1, -0.05) is 33.6 Å². The Morgan fingerprint density at radius 1 is 1.33 bits per heavy atom. The molecule has 1 atom stereocenters. The number of pyridine rings is 1. The van der Waals surface area contributed by atoms with Crippen LogP contribution in [0.4, 0.5) is 18.9 Å². The van der Waals surface area contributed by atoms with Crippen molar-refractivity contribution in [3.63, 3.8) is 0 Å². The molecular formula is C17H13BrClF3N4O. The second-order valence-corrected chi connectivity index (χ2v) is 7.08. The van der Waals surface area contributed by atoms with E-state index in [0.717, 1.165) is 14.5 Å². The van der Waals surface area contributed by atoms with Gasteiger partial charge in [-0.3, -0.25) is 14.5 Å². The maximum absolute atomic E-state index is 13.0. The van der Waals surface area contributed by atoms with Gasteiger partial charge in [0.2, 0.25) is 5.91 Å². The summed E-state index contributed by atoms with van der Waals surface area (Å²) in [6, 6.07) is 5.99. The SMILES string of the molecule is Cc1c(Cl)c(C(F)(F)F)nn1C(C)C(=O)Nc1ccc(Br)c2cccnc12. The van der Waals surface area contributed by atoms with E-state index in [9.17, 15) is 18.0 Å². The first-order valence-corrected chi connectivity index (χ1v) is 8.94. The topological polar surface area (TPSA) is 59.8 Å². The highest BCUT2D eigenvalue weighted by Crippen LogP contribution is 2.36. The molecule has 2 aromatic heterocycles. The molecule has 142 valence electrons. The molecule has 0 aliphatic carbocycles. The summed E-state index contributed by atoms with van der Waals surface area (Å²) in [6.07, 6.45) is -3.12. The fourth-order valence-electron chi connectivity index (χ4n) is 2.64. The minimum atomic E-state index is -4.70. The largest absolute Gasteiger partial charge is 0.436 e. The average Bonchev–Trinajstić information content (AvgIpc) is 2.92. The van der Waals surface area contributed by atoms with E-state index in [2.05, 4.69) is 31.3 Å². The van der Waals surface area contributed by atoms with Crippen LogP contribution in [0, 0.1) is 6.92 Å². The number of carbonyl (C=O) groups excluding carboxylic acids is 1. The number of halogens is 5. The zero-order chi connectivity index (χ0) is 19.9. The van der Waals surface area contributed by atoms with Crippen molar-refractivity contribution < 1.29 is 18.0 Å². The molecule has 0 bridgehead atoms. The summed E-state index contributed by atoms with van der Waals surface area (Å²) < 4.78 is 40.8. The zero-order valence-electron chi connectivity index (χ0n) is 14.1. The maximum Gasteiger partial charge on any atom is 0.436 e. The lowest BCUT2D eigenvalue weighted by molar-refractivity contribution is -0.141. The highest BCUT2D eigenvalue weighted by molar-refractivity contribution is 9.10. The molecule has 3 aromatic rings. The molecule has 1 unspecified atom stereocenters. The van der Waals surface area contributed by atoms with Crippen LogP contribution in [0.3, 0.4) is 0 Å². The smallest absolute Gasteiger partial charge is 0.322 e. The number of hydrogen-bond acceptors (Lipinski definition) is 3. The Bertz CT molecular complexity index is 1030. The number of alkyl halides is 3. The molecular weight excluding hydrogens is 449 g/mol. The van der Waals surface area contributed by atoms with E-state index < -0.39 is 28.8 Å². The van der Waals surface area contributed by atoms with Crippen molar-refractivity contribution in [3.8, 4) is 0 Å². The minimum absolute atomic E-state index is 0.0606. The second kappa shape index (κ2) is 7.12. The molecule has 0 radical (unpaired) electrons. The van der Waals surface area contributed by atoms with Crippen molar-refractivity contribution in [3.05, 3.63) is 51.3 Å². The monoisotopic (exact) mass is 460 g/mol. The van der Waals surface area contributed by atoms with Crippen LogP contribution in [-0.4, -0.2) is 20.7 Å². The number of anilines is 1. The summed E-state index contributed by atoms with van der Waals surface area (Å²) in [4.78, 5) is 16.9. The average molecular weight is 462 g/mol. The Balaban J connectivity index is 1.93. The van der Waals surface area contributed by atoms with Crippen molar-refractivity contribution in [2.75, 3.05) is 5.32 Å². The number of hydrogen-bond donors (Lipinski definition) is 1. The van der Waals surface area contributed by atoms with Gasteiger partial charge in [-0.25, -0.2) is 0 Å². The van der Waals surface area contributed by atoms with Crippen LogP contribution >= 0.6 is 27.5 Å². The van der Waals surface area contributed by atoms with E-state index in [4.69, 9.17) is 11.6 Å². The molecule has 1 aromatic carbocycles. The number of aromatic nitrogens is 3. The quantitative estimate of drug-likeness (QED) is 0.570. The van der Waals surface area contributed by atoms with Crippen LogP contribution in [0.1, 0.15) is 24.4 Å². The number of rotatable bonds is 3. The fraction of sp³-hybridized carbons (Fsp3) is 0.235. The highest BCUT2D eigenvalue weighted by atomic mass is 79.9. The van der Waals surface area contributed by atoms with Crippen LogP contribution in [-0.2, 0) is 11.0 Å². The number of benzene rings is 1. The Morgan fingerprint density at radius 2 is 2.04 bits per heavy atom. The summed E-state index contributed by atoms with van der Waals surface area (Å²) in [5, 5.41) is 6.47. The third-order valence-corrected chi connectivity index (χ3v) is 5.21. The van der Waals surface area contributed by atoms with Crippen LogP contribution in [0.15, 0.2) is 34.9 Å². The van der Waals surface area contributed by atoms with E-state index in [1.165, 1.54) is 13.8 Å². The van der Waals surface area contributed by atoms with Crippen molar-refractivity contribution in [2.24, 2.45) is 0 Å². The molecule has 0 spiro atoms. The normalized spacial score (nSPS) is 13.0. The Kier molecular flexibility index (Phi) is 5.18. The summed E-state index contributed by atoms with van der Waals surface area (Å²) in [7, 11) is 0. The third kappa shape index (κ3) is 3.66. The van der Waals surface area contributed by atoms with Crippen molar-refractivity contribution in [2.45, 2.75) is 26.1 Å². The third-order valence-electron chi connectivity index (χ3n) is 4.07. The van der Waals surface area contributed by atoms with Crippen LogP contribution in [0.5, 0.6) is 0 Å². The lowest BCUT2D eigenvalue weighted by atomic mass is 10.2. The number of nitrogens with zero attached hydrogens (tertiary/aromatic N) is 3. The van der Waals surface area contributed by atoms with Gasteiger partial charge in [-0.2, -0.15) is 18.3 Å². The Labute approximate surface area is 165 Å². The van der Waals surface area contributed by atoms with Crippen molar-refractivity contribution in [1.82, 2.24) is 14.8 Å². The van der Waals surface area contributed by atoms with Crippen LogP contribution in [0.25, 0.3) is 10.9 Å². The fourth-order valence-corrected chi connectivity index (χ4v) is 3.33. The first kappa shape index (κ1) is 19.6.